The molecule has 0 fully saturated rings. The maximum absolute atomic E-state index is 14.5. The number of amides is 1. The molecule has 0 aliphatic carbocycles. The molecule has 2 aromatic carbocycles. The van der Waals surface area contributed by atoms with Gasteiger partial charge in [-0.1, -0.05) is 36.4 Å². The normalized spacial score (nSPS) is 16.7. The number of rotatable bonds is 4. The van der Waals surface area contributed by atoms with Crippen molar-refractivity contribution >= 4 is 28.7 Å². The largest absolute Gasteiger partial charge is 0.503 e. The van der Waals surface area contributed by atoms with Crippen LogP contribution >= 0.6 is 11.3 Å². The third-order valence-electron chi connectivity index (χ3n) is 4.48. The summed E-state index contributed by atoms with van der Waals surface area (Å²) in [7, 11) is 0. The number of halogens is 2. The van der Waals surface area contributed by atoms with Crippen molar-refractivity contribution in [1.29, 1.82) is 0 Å². The first-order valence-electron chi connectivity index (χ1n) is 8.34. The van der Waals surface area contributed by atoms with Crippen molar-refractivity contribution in [2.75, 3.05) is 4.90 Å². The van der Waals surface area contributed by atoms with Crippen LogP contribution in [0.25, 0.3) is 0 Å². The molecule has 1 unspecified atom stereocenters. The SMILES string of the molecule is O=C(C1=C(O)C(=O)N(c2ccc(F)cc2F)C1c1ccccc1)c1cccs1. The number of ketones is 1. The summed E-state index contributed by atoms with van der Waals surface area (Å²) in [5.74, 6) is -3.93. The summed E-state index contributed by atoms with van der Waals surface area (Å²) in [5.41, 5.74) is 0.159. The zero-order valence-corrected chi connectivity index (χ0v) is 15.1. The molecule has 0 saturated carbocycles. The van der Waals surface area contributed by atoms with Gasteiger partial charge in [0, 0.05) is 6.07 Å². The van der Waals surface area contributed by atoms with Crippen molar-refractivity contribution in [1.82, 2.24) is 0 Å². The van der Waals surface area contributed by atoms with Crippen LogP contribution in [0, 0.1) is 11.6 Å². The van der Waals surface area contributed by atoms with E-state index in [-0.39, 0.29) is 11.3 Å². The van der Waals surface area contributed by atoms with Gasteiger partial charge in [-0.2, -0.15) is 0 Å². The van der Waals surface area contributed by atoms with Crippen molar-refractivity contribution in [3.8, 4) is 0 Å². The zero-order chi connectivity index (χ0) is 19.8. The molecule has 4 rings (SSSR count). The van der Waals surface area contributed by atoms with Crippen LogP contribution in [0.4, 0.5) is 14.5 Å². The fourth-order valence-corrected chi connectivity index (χ4v) is 3.93. The Morgan fingerprint density at radius 1 is 1.04 bits per heavy atom. The molecule has 1 aliphatic heterocycles. The van der Waals surface area contributed by atoms with Crippen molar-refractivity contribution in [2.45, 2.75) is 6.04 Å². The number of aliphatic hydroxyl groups excluding tert-OH is 1. The summed E-state index contributed by atoms with van der Waals surface area (Å²) in [4.78, 5) is 27.2. The van der Waals surface area contributed by atoms with Crippen LogP contribution in [0.1, 0.15) is 21.3 Å². The van der Waals surface area contributed by atoms with Crippen LogP contribution in [-0.2, 0) is 4.79 Å². The lowest BCUT2D eigenvalue weighted by atomic mass is 9.95. The summed E-state index contributed by atoms with van der Waals surface area (Å²) in [6.07, 6.45) is 0. The summed E-state index contributed by atoms with van der Waals surface area (Å²) in [6.45, 7) is 0. The van der Waals surface area contributed by atoms with Gasteiger partial charge in [-0.3, -0.25) is 14.5 Å². The van der Waals surface area contributed by atoms with Gasteiger partial charge >= 0.3 is 0 Å². The van der Waals surface area contributed by atoms with Gasteiger partial charge in [0.15, 0.2) is 5.76 Å². The lowest BCUT2D eigenvalue weighted by molar-refractivity contribution is -0.117. The number of hydrogen-bond acceptors (Lipinski definition) is 4. The second-order valence-electron chi connectivity index (χ2n) is 6.15. The summed E-state index contributed by atoms with van der Waals surface area (Å²) in [6, 6.07) is 13.5. The van der Waals surface area contributed by atoms with Gasteiger partial charge in [-0.25, -0.2) is 8.78 Å². The minimum atomic E-state index is -1.04. The molecular weight excluding hydrogens is 384 g/mol. The number of carbonyl (C=O) groups excluding carboxylic acids is 2. The number of anilines is 1. The smallest absolute Gasteiger partial charge is 0.294 e. The van der Waals surface area contributed by atoms with E-state index in [9.17, 15) is 23.5 Å². The van der Waals surface area contributed by atoms with Gasteiger partial charge < -0.3 is 5.11 Å². The first kappa shape index (κ1) is 18.1. The van der Waals surface area contributed by atoms with Gasteiger partial charge in [-0.05, 0) is 29.1 Å². The molecule has 140 valence electrons. The highest BCUT2D eigenvalue weighted by molar-refractivity contribution is 7.12. The van der Waals surface area contributed by atoms with Gasteiger partial charge in [0.1, 0.15) is 11.6 Å². The molecule has 1 aliphatic rings. The molecule has 3 aromatic rings. The van der Waals surface area contributed by atoms with E-state index in [1.54, 1.807) is 47.8 Å². The Morgan fingerprint density at radius 3 is 2.43 bits per heavy atom. The number of nitrogens with zero attached hydrogens (tertiary/aromatic N) is 1. The Bertz CT molecular complexity index is 1090. The van der Waals surface area contributed by atoms with Crippen molar-refractivity contribution in [3.63, 3.8) is 0 Å². The Kier molecular flexibility index (Phi) is 4.52. The summed E-state index contributed by atoms with van der Waals surface area (Å²) >= 11 is 1.17. The minimum absolute atomic E-state index is 0.137. The average molecular weight is 397 g/mol. The molecule has 7 heteroatoms. The van der Waals surface area contributed by atoms with Crippen molar-refractivity contribution in [2.24, 2.45) is 0 Å². The van der Waals surface area contributed by atoms with E-state index in [0.29, 0.717) is 16.5 Å². The first-order valence-corrected chi connectivity index (χ1v) is 9.22. The quantitative estimate of drug-likeness (QED) is 0.643. The van der Waals surface area contributed by atoms with Crippen LogP contribution in [-0.4, -0.2) is 16.8 Å². The minimum Gasteiger partial charge on any atom is -0.503 e. The molecule has 1 amide bonds. The maximum Gasteiger partial charge on any atom is 0.294 e. The van der Waals surface area contributed by atoms with Crippen LogP contribution < -0.4 is 4.90 Å². The van der Waals surface area contributed by atoms with Crippen LogP contribution in [0.2, 0.25) is 0 Å². The second kappa shape index (κ2) is 7.01. The van der Waals surface area contributed by atoms with Crippen LogP contribution in [0.15, 0.2) is 77.4 Å². The molecule has 1 atom stereocenters. The number of benzene rings is 2. The van der Waals surface area contributed by atoms with Crippen LogP contribution in [0.3, 0.4) is 0 Å². The topological polar surface area (TPSA) is 57.6 Å². The molecule has 0 bridgehead atoms. The van der Waals surface area contributed by atoms with Gasteiger partial charge in [0.05, 0.1) is 22.2 Å². The van der Waals surface area contributed by atoms with Crippen molar-refractivity contribution in [3.05, 3.63) is 99.5 Å². The predicted molar refractivity (Wildman–Crippen MR) is 101 cm³/mol. The molecule has 0 saturated heterocycles. The molecular formula is C21H13F2NO3S. The monoisotopic (exact) mass is 397 g/mol. The Labute approximate surface area is 163 Å². The van der Waals surface area contributed by atoms with E-state index in [1.165, 1.54) is 11.3 Å². The third kappa shape index (κ3) is 2.90. The second-order valence-corrected chi connectivity index (χ2v) is 7.10. The highest BCUT2D eigenvalue weighted by Crippen LogP contribution is 2.43. The van der Waals surface area contributed by atoms with Crippen LogP contribution in [0.5, 0.6) is 0 Å². The summed E-state index contributed by atoms with van der Waals surface area (Å²) < 4.78 is 27.8. The van der Waals surface area contributed by atoms with Crippen molar-refractivity contribution < 1.29 is 23.5 Å². The molecule has 0 spiro atoms. The molecule has 2 heterocycles. The van der Waals surface area contributed by atoms with E-state index in [2.05, 4.69) is 0 Å². The highest BCUT2D eigenvalue weighted by atomic mass is 32.1. The van der Waals surface area contributed by atoms with Gasteiger partial charge in [-0.15, -0.1) is 11.3 Å². The Morgan fingerprint density at radius 2 is 1.79 bits per heavy atom. The fraction of sp³-hybridized carbons (Fsp3) is 0.0476. The molecule has 28 heavy (non-hydrogen) atoms. The molecule has 0 radical (unpaired) electrons. The number of aliphatic hydroxyl groups is 1. The van der Waals surface area contributed by atoms with Gasteiger partial charge in [0.2, 0.25) is 5.78 Å². The Hall–Kier alpha value is -3.32. The number of Topliss-reactive ketones (excluding diaryl/α,β-unsaturated/α-hetero) is 1. The third-order valence-corrected chi connectivity index (χ3v) is 5.35. The lowest BCUT2D eigenvalue weighted by Crippen LogP contribution is -2.31. The lowest BCUT2D eigenvalue weighted by Gasteiger charge is -2.27. The zero-order valence-electron chi connectivity index (χ0n) is 14.3. The highest BCUT2D eigenvalue weighted by Gasteiger charge is 2.45. The maximum atomic E-state index is 14.5. The standard InChI is InChI=1S/C21H13F2NO3S/c22-13-8-9-15(14(23)11-13)24-18(12-5-2-1-3-6-12)17(20(26)21(24)27)19(25)16-7-4-10-28-16/h1-11,18,26H. The van der Waals surface area contributed by atoms with E-state index < -0.39 is 35.1 Å². The Balaban J connectivity index is 1.90. The predicted octanol–water partition coefficient (Wildman–Crippen LogP) is 4.81. The van der Waals surface area contributed by atoms with Gasteiger partial charge in [0.25, 0.3) is 5.91 Å². The van der Waals surface area contributed by atoms with E-state index in [0.717, 1.165) is 17.0 Å². The van der Waals surface area contributed by atoms with E-state index in [1.807, 2.05) is 0 Å². The molecule has 1 N–H and O–H groups in total. The number of thiophene rings is 1. The number of carbonyl (C=O) groups is 2. The van der Waals surface area contributed by atoms with E-state index in [4.69, 9.17) is 0 Å². The number of hydrogen-bond donors (Lipinski definition) is 1. The average Bonchev–Trinajstić information content (AvgIpc) is 3.31. The first-order chi connectivity index (χ1) is 13.5. The molecule has 4 nitrogen and oxygen atoms in total. The summed E-state index contributed by atoms with van der Waals surface area (Å²) in [5, 5.41) is 12.2. The fourth-order valence-electron chi connectivity index (χ4n) is 3.25. The van der Waals surface area contributed by atoms with E-state index >= 15 is 0 Å². The molecule has 1 aromatic heterocycles.